The first-order valence-corrected chi connectivity index (χ1v) is 7.02. The molecule has 1 aromatic carbocycles. The third-order valence-electron chi connectivity index (χ3n) is 2.67. The number of hydrogen-bond acceptors (Lipinski definition) is 2. The van der Waals surface area contributed by atoms with Crippen LogP contribution in [0.25, 0.3) is 0 Å². The number of alkyl halides is 4. The molecule has 0 amide bonds. The van der Waals surface area contributed by atoms with Crippen LogP contribution in [-0.4, -0.2) is 9.78 Å². The summed E-state index contributed by atoms with van der Waals surface area (Å²) < 4.78 is 45.9. The van der Waals surface area contributed by atoms with Gasteiger partial charge in [-0.25, -0.2) is 0 Å². The van der Waals surface area contributed by atoms with Crippen LogP contribution < -0.4 is 4.74 Å². The van der Waals surface area contributed by atoms with Crippen molar-refractivity contribution >= 4 is 15.9 Å². The summed E-state index contributed by atoms with van der Waals surface area (Å²) in [4.78, 5) is 0. The predicted octanol–water partition coefficient (Wildman–Crippen LogP) is 4.61. The Labute approximate surface area is 122 Å². The van der Waals surface area contributed by atoms with Crippen molar-refractivity contribution in [2.24, 2.45) is 0 Å². The number of hydrogen-bond donors (Lipinski definition) is 0. The predicted molar refractivity (Wildman–Crippen MR) is 72.1 cm³/mol. The Hall–Kier alpha value is -1.50. The number of halogens is 4. The van der Waals surface area contributed by atoms with Crippen LogP contribution in [0.15, 0.2) is 30.6 Å². The fourth-order valence-corrected chi connectivity index (χ4v) is 2.02. The summed E-state index contributed by atoms with van der Waals surface area (Å²) in [5, 5.41) is 4.31. The minimum atomic E-state index is -4.46. The molecule has 0 aliphatic rings. The van der Waals surface area contributed by atoms with Crippen molar-refractivity contribution in [1.82, 2.24) is 9.78 Å². The summed E-state index contributed by atoms with van der Waals surface area (Å²) >= 11 is 3.14. The minimum absolute atomic E-state index is 0.224. The van der Waals surface area contributed by atoms with Crippen LogP contribution in [0.1, 0.15) is 18.1 Å². The molecule has 0 saturated carbocycles. The maximum Gasteiger partial charge on any atom is 0.419 e. The SMILES string of the molecule is CCn1cc(Oc2ccc(CBr)cc2C(F)(F)F)cn1. The van der Waals surface area contributed by atoms with Crippen molar-refractivity contribution in [3.8, 4) is 11.5 Å². The first-order valence-electron chi connectivity index (χ1n) is 5.90. The summed E-state index contributed by atoms with van der Waals surface area (Å²) in [5.41, 5.74) is -0.257. The Morgan fingerprint density at radius 2 is 2.10 bits per heavy atom. The molecular formula is C13H12BrF3N2O. The highest BCUT2D eigenvalue weighted by Gasteiger charge is 2.34. The fraction of sp³-hybridized carbons (Fsp3) is 0.308. The second-order valence-electron chi connectivity index (χ2n) is 4.10. The third-order valence-corrected chi connectivity index (χ3v) is 3.31. The number of aryl methyl sites for hydroxylation is 1. The summed E-state index contributed by atoms with van der Waals surface area (Å²) in [7, 11) is 0. The molecule has 0 aliphatic carbocycles. The van der Waals surface area contributed by atoms with Gasteiger partial charge in [-0.05, 0) is 24.6 Å². The molecule has 0 bridgehead atoms. The smallest absolute Gasteiger partial charge is 0.419 e. The van der Waals surface area contributed by atoms with Gasteiger partial charge >= 0.3 is 6.18 Å². The molecule has 2 rings (SSSR count). The lowest BCUT2D eigenvalue weighted by molar-refractivity contribution is -0.138. The molecule has 7 heteroatoms. The van der Waals surface area contributed by atoms with Crippen molar-refractivity contribution < 1.29 is 17.9 Å². The molecule has 1 heterocycles. The van der Waals surface area contributed by atoms with Crippen molar-refractivity contribution in [3.63, 3.8) is 0 Å². The van der Waals surface area contributed by atoms with Gasteiger partial charge in [-0.3, -0.25) is 4.68 Å². The zero-order valence-corrected chi connectivity index (χ0v) is 12.2. The number of nitrogens with zero attached hydrogens (tertiary/aromatic N) is 2. The van der Waals surface area contributed by atoms with Gasteiger partial charge in [0.05, 0.1) is 18.0 Å². The van der Waals surface area contributed by atoms with Crippen LogP contribution in [0.3, 0.4) is 0 Å². The lowest BCUT2D eigenvalue weighted by Crippen LogP contribution is -2.07. The van der Waals surface area contributed by atoms with Crippen LogP contribution in [0.2, 0.25) is 0 Å². The zero-order valence-electron chi connectivity index (χ0n) is 10.6. The van der Waals surface area contributed by atoms with Gasteiger partial charge in [-0.15, -0.1) is 0 Å². The first kappa shape index (κ1) is 14.9. The highest BCUT2D eigenvalue weighted by molar-refractivity contribution is 9.08. The molecule has 108 valence electrons. The van der Waals surface area contributed by atoms with Gasteiger partial charge in [0.1, 0.15) is 5.75 Å². The molecule has 3 nitrogen and oxygen atoms in total. The van der Waals surface area contributed by atoms with E-state index < -0.39 is 11.7 Å². The summed E-state index contributed by atoms with van der Waals surface area (Å²) in [6, 6.07) is 3.99. The highest BCUT2D eigenvalue weighted by atomic mass is 79.9. The van der Waals surface area contributed by atoms with E-state index in [-0.39, 0.29) is 11.5 Å². The van der Waals surface area contributed by atoms with Gasteiger partial charge < -0.3 is 4.74 Å². The largest absolute Gasteiger partial charge is 0.453 e. The van der Waals surface area contributed by atoms with Crippen molar-refractivity contribution in [2.45, 2.75) is 25.0 Å². The molecular weight excluding hydrogens is 337 g/mol. The van der Waals surface area contributed by atoms with Crippen LogP contribution >= 0.6 is 15.9 Å². The van der Waals surface area contributed by atoms with Gasteiger partial charge in [-0.2, -0.15) is 18.3 Å². The van der Waals surface area contributed by atoms with E-state index in [2.05, 4.69) is 21.0 Å². The average molecular weight is 349 g/mol. The van der Waals surface area contributed by atoms with Crippen LogP contribution in [-0.2, 0) is 18.1 Å². The van der Waals surface area contributed by atoms with Crippen molar-refractivity contribution in [1.29, 1.82) is 0 Å². The quantitative estimate of drug-likeness (QED) is 0.754. The maximum absolute atomic E-state index is 13.0. The van der Waals surface area contributed by atoms with Crippen molar-refractivity contribution in [2.75, 3.05) is 0 Å². The fourth-order valence-electron chi connectivity index (χ4n) is 1.67. The molecule has 2 aromatic rings. The van der Waals surface area contributed by atoms with E-state index in [1.807, 2.05) is 6.92 Å². The Bertz CT molecular complexity index is 596. The Morgan fingerprint density at radius 1 is 1.35 bits per heavy atom. The standard InChI is InChI=1S/C13H12BrF3N2O/c1-2-19-8-10(7-18-19)20-12-4-3-9(6-14)5-11(12)13(15,16)17/h3-5,7-8H,2,6H2,1H3. The lowest BCUT2D eigenvalue weighted by Gasteiger charge is -2.13. The molecule has 0 spiro atoms. The summed E-state index contributed by atoms with van der Waals surface area (Å²) in [6.07, 6.45) is -1.52. The summed E-state index contributed by atoms with van der Waals surface area (Å²) in [6.45, 7) is 2.50. The molecule has 0 fully saturated rings. The first-order chi connectivity index (χ1) is 9.44. The molecule has 0 saturated heterocycles. The van der Waals surface area contributed by atoms with Crippen molar-refractivity contribution in [3.05, 3.63) is 41.7 Å². The van der Waals surface area contributed by atoms with E-state index in [4.69, 9.17) is 4.74 Å². The number of ether oxygens (including phenoxy) is 1. The second-order valence-corrected chi connectivity index (χ2v) is 4.66. The molecule has 0 radical (unpaired) electrons. The third kappa shape index (κ3) is 3.33. The number of rotatable bonds is 4. The molecule has 20 heavy (non-hydrogen) atoms. The van der Waals surface area contributed by atoms with E-state index in [1.165, 1.54) is 12.3 Å². The number of benzene rings is 1. The van der Waals surface area contributed by atoms with Crippen LogP contribution in [0.5, 0.6) is 11.5 Å². The van der Waals surface area contributed by atoms with Crippen LogP contribution in [0.4, 0.5) is 13.2 Å². The molecule has 1 aromatic heterocycles. The molecule has 0 aliphatic heterocycles. The zero-order chi connectivity index (χ0) is 14.8. The van der Waals surface area contributed by atoms with Gasteiger partial charge in [-0.1, -0.05) is 22.0 Å². The van der Waals surface area contributed by atoms with E-state index in [0.29, 0.717) is 17.4 Å². The van der Waals surface area contributed by atoms with Crippen LogP contribution in [0, 0.1) is 0 Å². The van der Waals surface area contributed by atoms with E-state index in [9.17, 15) is 13.2 Å². The van der Waals surface area contributed by atoms with Gasteiger partial charge in [0.25, 0.3) is 0 Å². The van der Waals surface area contributed by atoms with Gasteiger partial charge in [0, 0.05) is 11.9 Å². The van der Waals surface area contributed by atoms with E-state index in [1.54, 1.807) is 16.9 Å². The van der Waals surface area contributed by atoms with E-state index in [0.717, 1.165) is 6.07 Å². The molecule has 0 unspecified atom stereocenters. The molecule has 0 atom stereocenters. The number of aromatic nitrogens is 2. The second kappa shape index (κ2) is 5.87. The maximum atomic E-state index is 13.0. The van der Waals surface area contributed by atoms with Gasteiger partial charge in [0.15, 0.2) is 5.75 Å². The molecule has 0 N–H and O–H groups in total. The normalized spacial score (nSPS) is 11.7. The summed E-state index contributed by atoms with van der Waals surface area (Å²) in [5.74, 6) is 0.0572. The van der Waals surface area contributed by atoms with Gasteiger partial charge in [0.2, 0.25) is 0 Å². The minimum Gasteiger partial charge on any atom is -0.453 e. The monoisotopic (exact) mass is 348 g/mol. The Kier molecular flexibility index (Phi) is 4.37. The Balaban J connectivity index is 2.35. The van der Waals surface area contributed by atoms with E-state index >= 15 is 0 Å². The topological polar surface area (TPSA) is 27.1 Å². The lowest BCUT2D eigenvalue weighted by atomic mass is 10.1. The average Bonchev–Trinajstić information content (AvgIpc) is 2.85. The highest BCUT2D eigenvalue weighted by Crippen LogP contribution is 2.38. The Morgan fingerprint density at radius 3 is 2.65 bits per heavy atom.